The molecule has 0 spiro atoms. The third-order valence-electron chi connectivity index (χ3n) is 4.61. The molecule has 0 aliphatic heterocycles. The van der Waals surface area contributed by atoms with E-state index in [1.54, 1.807) is 20.4 Å². The maximum atomic E-state index is 5.40. The molecule has 0 radical (unpaired) electrons. The van der Waals surface area contributed by atoms with Crippen LogP contribution in [0.15, 0.2) is 65.9 Å². The maximum absolute atomic E-state index is 5.40. The lowest BCUT2D eigenvalue weighted by atomic mass is 10.1. The van der Waals surface area contributed by atoms with Crippen LogP contribution in [0.2, 0.25) is 0 Å². The van der Waals surface area contributed by atoms with Crippen LogP contribution in [0.3, 0.4) is 0 Å². The Morgan fingerprint density at radius 3 is 2.52 bits per heavy atom. The van der Waals surface area contributed by atoms with Gasteiger partial charge in [0.15, 0.2) is 5.96 Å². The number of benzene rings is 2. The molecule has 2 N–H and O–H groups in total. The lowest BCUT2D eigenvalue weighted by molar-refractivity contribution is 0.411. The molecule has 1 aromatic heterocycles. The molecule has 3 aromatic rings. The molecule has 154 valence electrons. The van der Waals surface area contributed by atoms with Crippen molar-refractivity contribution in [1.29, 1.82) is 0 Å². The first-order valence-corrected chi connectivity index (χ1v) is 9.32. The average Bonchev–Trinajstić information content (AvgIpc) is 3.23. The number of aliphatic imine (C=N–C) groups is 1. The van der Waals surface area contributed by atoms with E-state index >= 15 is 0 Å². The van der Waals surface area contributed by atoms with Gasteiger partial charge in [0.1, 0.15) is 5.75 Å². The summed E-state index contributed by atoms with van der Waals surface area (Å²) in [5.74, 6) is 1.66. The highest BCUT2D eigenvalue weighted by Crippen LogP contribution is 2.18. The monoisotopic (exact) mass is 505 g/mol. The van der Waals surface area contributed by atoms with Crippen molar-refractivity contribution in [3.05, 3.63) is 83.2 Å². The largest absolute Gasteiger partial charge is 0.496 e. The van der Waals surface area contributed by atoms with E-state index in [1.165, 1.54) is 11.1 Å². The van der Waals surface area contributed by atoms with Crippen LogP contribution >= 0.6 is 24.0 Å². The summed E-state index contributed by atoms with van der Waals surface area (Å²) in [6.07, 6.45) is 3.77. The number of aryl methyl sites for hydroxylation is 1. The van der Waals surface area contributed by atoms with E-state index < -0.39 is 0 Å². The minimum absolute atomic E-state index is 0. The van der Waals surface area contributed by atoms with E-state index in [0.29, 0.717) is 13.1 Å². The van der Waals surface area contributed by atoms with Gasteiger partial charge in [-0.3, -0.25) is 9.67 Å². The van der Waals surface area contributed by atoms with E-state index in [2.05, 4.69) is 63.2 Å². The number of nitrogens with zero attached hydrogens (tertiary/aromatic N) is 3. The summed E-state index contributed by atoms with van der Waals surface area (Å²) in [4.78, 5) is 4.33. The van der Waals surface area contributed by atoms with Gasteiger partial charge in [-0.1, -0.05) is 36.4 Å². The van der Waals surface area contributed by atoms with Gasteiger partial charge < -0.3 is 15.4 Å². The van der Waals surface area contributed by atoms with Crippen LogP contribution in [0.1, 0.15) is 22.3 Å². The number of methoxy groups -OCH3 is 1. The van der Waals surface area contributed by atoms with Crippen LogP contribution < -0.4 is 15.4 Å². The first kappa shape index (κ1) is 22.7. The first-order chi connectivity index (χ1) is 13.7. The van der Waals surface area contributed by atoms with Crippen molar-refractivity contribution in [2.24, 2.45) is 4.99 Å². The number of hydrogen-bond acceptors (Lipinski definition) is 3. The third-order valence-corrected chi connectivity index (χ3v) is 4.61. The molecular weight excluding hydrogens is 477 g/mol. The van der Waals surface area contributed by atoms with Gasteiger partial charge in [-0.25, -0.2) is 0 Å². The molecule has 0 fully saturated rings. The predicted octanol–water partition coefficient (Wildman–Crippen LogP) is 3.73. The standard InChI is InChI=1S/C22H27N5O.HI/c1-17-9-10-18(13-21(17)28-3)14-24-22(23-2)25-15-19-7-4-5-8-20(19)16-27-12-6-11-26-27;/h4-13H,14-16H2,1-3H3,(H2,23,24,25);1H. The normalized spacial score (nSPS) is 10.9. The molecule has 0 aliphatic rings. The topological polar surface area (TPSA) is 63.5 Å². The van der Waals surface area contributed by atoms with E-state index in [9.17, 15) is 0 Å². The highest BCUT2D eigenvalue weighted by molar-refractivity contribution is 14.0. The van der Waals surface area contributed by atoms with Crippen LogP contribution in [0.5, 0.6) is 5.75 Å². The number of halogens is 1. The highest BCUT2D eigenvalue weighted by atomic mass is 127. The highest BCUT2D eigenvalue weighted by Gasteiger charge is 2.06. The van der Waals surface area contributed by atoms with Gasteiger partial charge in [-0.2, -0.15) is 5.10 Å². The van der Waals surface area contributed by atoms with Crippen LogP contribution in [0, 0.1) is 6.92 Å². The summed E-state index contributed by atoms with van der Waals surface area (Å²) in [6.45, 7) is 4.15. The second kappa shape index (κ2) is 11.5. The lowest BCUT2D eigenvalue weighted by Gasteiger charge is -2.15. The van der Waals surface area contributed by atoms with Crippen molar-refractivity contribution < 1.29 is 4.74 Å². The van der Waals surface area contributed by atoms with Crippen molar-refractivity contribution in [2.75, 3.05) is 14.2 Å². The van der Waals surface area contributed by atoms with Crippen LogP contribution in [-0.2, 0) is 19.6 Å². The Kier molecular flexibility index (Phi) is 8.98. The number of hydrogen-bond donors (Lipinski definition) is 2. The van der Waals surface area contributed by atoms with E-state index in [0.717, 1.165) is 29.4 Å². The van der Waals surface area contributed by atoms with Gasteiger partial charge >= 0.3 is 0 Å². The summed E-state index contributed by atoms with van der Waals surface area (Å²) in [7, 11) is 3.47. The van der Waals surface area contributed by atoms with Crippen LogP contribution in [-0.4, -0.2) is 29.9 Å². The second-order valence-corrected chi connectivity index (χ2v) is 6.56. The fourth-order valence-electron chi connectivity index (χ4n) is 3.01. The summed E-state index contributed by atoms with van der Waals surface area (Å²) in [5, 5.41) is 11.0. The predicted molar refractivity (Wildman–Crippen MR) is 128 cm³/mol. The molecular formula is C22H28IN5O. The van der Waals surface area contributed by atoms with Crippen molar-refractivity contribution in [2.45, 2.75) is 26.6 Å². The smallest absolute Gasteiger partial charge is 0.191 e. The van der Waals surface area contributed by atoms with E-state index in [1.807, 2.05) is 23.9 Å². The van der Waals surface area contributed by atoms with E-state index in [-0.39, 0.29) is 24.0 Å². The molecule has 0 amide bonds. The van der Waals surface area contributed by atoms with Crippen LogP contribution in [0.25, 0.3) is 0 Å². The molecule has 3 rings (SSSR count). The Bertz CT molecular complexity index is 925. The van der Waals surface area contributed by atoms with Crippen LogP contribution in [0.4, 0.5) is 0 Å². The SMILES string of the molecule is CN=C(NCc1ccc(C)c(OC)c1)NCc1ccccc1Cn1cccn1.I. The van der Waals surface area contributed by atoms with Gasteiger partial charge in [0.2, 0.25) is 0 Å². The minimum atomic E-state index is 0. The fraction of sp³-hybridized carbons (Fsp3) is 0.273. The molecule has 0 atom stereocenters. The number of aromatic nitrogens is 2. The van der Waals surface area contributed by atoms with Crippen molar-refractivity contribution in [1.82, 2.24) is 20.4 Å². The minimum Gasteiger partial charge on any atom is -0.496 e. The van der Waals surface area contributed by atoms with Crippen molar-refractivity contribution in [3.8, 4) is 5.75 Å². The van der Waals surface area contributed by atoms with Crippen molar-refractivity contribution >= 4 is 29.9 Å². The third kappa shape index (κ3) is 6.49. The molecule has 6 nitrogen and oxygen atoms in total. The van der Waals surface area contributed by atoms with Gasteiger partial charge in [0, 0.05) is 32.5 Å². The number of nitrogens with one attached hydrogen (secondary N) is 2. The molecule has 0 aliphatic carbocycles. The molecule has 0 saturated carbocycles. The quantitative estimate of drug-likeness (QED) is 0.292. The van der Waals surface area contributed by atoms with Crippen molar-refractivity contribution in [3.63, 3.8) is 0 Å². The molecule has 0 bridgehead atoms. The number of ether oxygens (including phenoxy) is 1. The van der Waals surface area contributed by atoms with Gasteiger partial charge in [-0.05, 0) is 41.3 Å². The van der Waals surface area contributed by atoms with E-state index in [4.69, 9.17) is 4.74 Å². The summed E-state index contributed by atoms with van der Waals surface area (Å²) >= 11 is 0. The Morgan fingerprint density at radius 2 is 1.83 bits per heavy atom. The second-order valence-electron chi connectivity index (χ2n) is 6.56. The Labute approximate surface area is 189 Å². The zero-order chi connectivity index (χ0) is 19.8. The first-order valence-electron chi connectivity index (χ1n) is 9.32. The Hall–Kier alpha value is -2.55. The molecule has 7 heteroatoms. The molecule has 1 heterocycles. The zero-order valence-electron chi connectivity index (χ0n) is 17.1. The van der Waals surface area contributed by atoms with Gasteiger partial charge in [0.25, 0.3) is 0 Å². The van der Waals surface area contributed by atoms with Gasteiger partial charge in [-0.15, -0.1) is 24.0 Å². The molecule has 29 heavy (non-hydrogen) atoms. The van der Waals surface area contributed by atoms with Gasteiger partial charge in [0.05, 0.1) is 13.7 Å². The zero-order valence-corrected chi connectivity index (χ0v) is 19.4. The summed E-state index contributed by atoms with van der Waals surface area (Å²) < 4.78 is 7.33. The molecule has 0 unspecified atom stereocenters. The Morgan fingerprint density at radius 1 is 1.07 bits per heavy atom. The lowest BCUT2D eigenvalue weighted by Crippen LogP contribution is -2.36. The number of guanidine groups is 1. The molecule has 2 aromatic carbocycles. The fourth-order valence-corrected chi connectivity index (χ4v) is 3.01. The molecule has 0 saturated heterocycles. The summed E-state index contributed by atoms with van der Waals surface area (Å²) in [6, 6.07) is 16.5. The average molecular weight is 505 g/mol. The number of rotatable bonds is 7. The Balaban J connectivity index is 0.00000300. The maximum Gasteiger partial charge on any atom is 0.191 e. The summed E-state index contributed by atoms with van der Waals surface area (Å²) in [5.41, 5.74) is 4.72.